The molecule has 2 aromatic carbocycles. The second-order valence-corrected chi connectivity index (χ2v) is 4.21. The molecule has 0 aliphatic carbocycles. The first-order chi connectivity index (χ1) is 8.16. The largest absolute Gasteiger partial charge is 0.457 e. The van der Waals surface area contributed by atoms with Gasteiger partial charge in [0.05, 0.1) is 6.10 Å². The van der Waals surface area contributed by atoms with Crippen molar-refractivity contribution in [2.75, 3.05) is 0 Å². The van der Waals surface area contributed by atoms with Gasteiger partial charge in [-0.3, -0.25) is 0 Å². The van der Waals surface area contributed by atoms with E-state index in [2.05, 4.69) is 0 Å². The van der Waals surface area contributed by atoms with E-state index in [9.17, 15) is 5.11 Å². The summed E-state index contributed by atoms with van der Waals surface area (Å²) in [4.78, 5) is 0. The minimum absolute atomic E-state index is 0.557. The molecule has 3 heteroatoms. The van der Waals surface area contributed by atoms with Gasteiger partial charge in [-0.1, -0.05) is 29.8 Å². The fraction of sp³-hybridized carbons (Fsp3) is 0.143. The molecule has 2 rings (SSSR count). The van der Waals surface area contributed by atoms with E-state index >= 15 is 0 Å². The molecule has 2 nitrogen and oxygen atoms in total. The average Bonchev–Trinajstić information content (AvgIpc) is 2.32. The van der Waals surface area contributed by atoms with Crippen LogP contribution < -0.4 is 4.74 Å². The maximum absolute atomic E-state index is 9.63. The monoisotopic (exact) mass is 248 g/mol. The standard InChI is InChI=1S/C14H13ClO2/c1-10(16)13-4-2-3-5-14(13)17-12-8-6-11(15)7-9-12/h2-10,16H,1H3/t10-/m1/s1. The summed E-state index contributed by atoms with van der Waals surface area (Å²) in [5.41, 5.74) is 0.766. The van der Waals surface area contributed by atoms with E-state index in [1.54, 1.807) is 31.2 Å². The van der Waals surface area contributed by atoms with Crippen LogP contribution in [0.4, 0.5) is 0 Å². The van der Waals surface area contributed by atoms with Crippen LogP contribution in [0.15, 0.2) is 48.5 Å². The molecule has 2 aromatic rings. The molecule has 0 saturated carbocycles. The quantitative estimate of drug-likeness (QED) is 0.883. The molecule has 0 saturated heterocycles. The summed E-state index contributed by atoms with van der Waals surface area (Å²) >= 11 is 5.80. The highest BCUT2D eigenvalue weighted by molar-refractivity contribution is 6.30. The van der Waals surface area contributed by atoms with Gasteiger partial charge >= 0.3 is 0 Å². The second kappa shape index (κ2) is 5.21. The van der Waals surface area contributed by atoms with Crippen LogP contribution >= 0.6 is 11.6 Å². The third kappa shape index (κ3) is 2.99. The van der Waals surface area contributed by atoms with Crippen molar-refractivity contribution in [1.29, 1.82) is 0 Å². The van der Waals surface area contributed by atoms with Crippen LogP contribution in [0.3, 0.4) is 0 Å². The summed E-state index contributed by atoms with van der Waals surface area (Å²) in [6, 6.07) is 14.5. The molecule has 1 atom stereocenters. The van der Waals surface area contributed by atoms with E-state index in [4.69, 9.17) is 16.3 Å². The number of aliphatic hydroxyl groups excluding tert-OH is 1. The highest BCUT2D eigenvalue weighted by atomic mass is 35.5. The zero-order valence-electron chi connectivity index (χ0n) is 9.43. The lowest BCUT2D eigenvalue weighted by atomic mass is 10.1. The van der Waals surface area contributed by atoms with Crippen molar-refractivity contribution in [3.8, 4) is 11.5 Å². The number of hydrogen-bond acceptors (Lipinski definition) is 2. The van der Waals surface area contributed by atoms with Crippen LogP contribution in [-0.2, 0) is 0 Å². The number of hydrogen-bond donors (Lipinski definition) is 1. The van der Waals surface area contributed by atoms with Crippen molar-refractivity contribution in [2.24, 2.45) is 0 Å². The number of para-hydroxylation sites is 1. The van der Waals surface area contributed by atoms with E-state index in [0.717, 1.165) is 5.56 Å². The summed E-state index contributed by atoms with van der Waals surface area (Å²) in [7, 11) is 0. The molecule has 0 heterocycles. The molecule has 0 bridgehead atoms. The van der Waals surface area contributed by atoms with Crippen LogP contribution in [0.1, 0.15) is 18.6 Å². The molecule has 0 fully saturated rings. The predicted octanol–water partition coefficient (Wildman–Crippen LogP) is 4.19. The van der Waals surface area contributed by atoms with Crippen LogP contribution in [0.25, 0.3) is 0 Å². The first kappa shape index (κ1) is 12.0. The Morgan fingerprint density at radius 3 is 2.35 bits per heavy atom. The number of rotatable bonds is 3. The van der Waals surface area contributed by atoms with Gasteiger partial charge in [-0.05, 0) is 37.3 Å². The fourth-order valence-corrected chi connectivity index (χ4v) is 1.67. The van der Waals surface area contributed by atoms with Crippen molar-refractivity contribution in [3.05, 3.63) is 59.1 Å². The van der Waals surface area contributed by atoms with Gasteiger partial charge < -0.3 is 9.84 Å². The Kier molecular flexibility index (Phi) is 3.67. The van der Waals surface area contributed by atoms with Crippen LogP contribution in [0.2, 0.25) is 5.02 Å². The Balaban J connectivity index is 2.26. The Labute approximate surface area is 105 Å². The number of aliphatic hydroxyl groups is 1. The minimum Gasteiger partial charge on any atom is -0.457 e. The topological polar surface area (TPSA) is 29.5 Å². The van der Waals surface area contributed by atoms with Crippen LogP contribution in [0, 0.1) is 0 Å². The maximum atomic E-state index is 9.63. The molecular weight excluding hydrogens is 236 g/mol. The van der Waals surface area contributed by atoms with E-state index < -0.39 is 6.10 Å². The van der Waals surface area contributed by atoms with Crippen LogP contribution in [-0.4, -0.2) is 5.11 Å². The van der Waals surface area contributed by atoms with Crippen molar-refractivity contribution in [1.82, 2.24) is 0 Å². The summed E-state index contributed by atoms with van der Waals surface area (Å²) < 4.78 is 5.71. The maximum Gasteiger partial charge on any atom is 0.133 e. The zero-order valence-corrected chi connectivity index (χ0v) is 10.2. The van der Waals surface area contributed by atoms with Gasteiger partial charge in [0.25, 0.3) is 0 Å². The SMILES string of the molecule is C[C@@H](O)c1ccccc1Oc1ccc(Cl)cc1. The van der Waals surface area contributed by atoms with Gasteiger partial charge in [0.1, 0.15) is 11.5 Å². The lowest BCUT2D eigenvalue weighted by Gasteiger charge is -2.12. The Bertz CT molecular complexity index is 492. The van der Waals surface area contributed by atoms with Crippen molar-refractivity contribution < 1.29 is 9.84 Å². The van der Waals surface area contributed by atoms with Crippen LogP contribution in [0.5, 0.6) is 11.5 Å². The van der Waals surface area contributed by atoms with E-state index in [0.29, 0.717) is 16.5 Å². The first-order valence-corrected chi connectivity index (χ1v) is 5.75. The number of ether oxygens (including phenoxy) is 1. The predicted molar refractivity (Wildman–Crippen MR) is 68.6 cm³/mol. The molecule has 0 spiro atoms. The number of benzene rings is 2. The molecule has 88 valence electrons. The zero-order chi connectivity index (χ0) is 12.3. The molecule has 0 aliphatic rings. The number of halogens is 1. The van der Waals surface area contributed by atoms with Gasteiger partial charge in [-0.2, -0.15) is 0 Å². The highest BCUT2D eigenvalue weighted by Gasteiger charge is 2.08. The lowest BCUT2D eigenvalue weighted by molar-refractivity contribution is 0.195. The smallest absolute Gasteiger partial charge is 0.133 e. The summed E-state index contributed by atoms with van der Waals surface area (Å²) in [5.74, 6) is 1.35. The molecule has 0 aromatic heterocycles. The molecule has 0 aliphatic heterocycles. The fourth-order valence-electron chi connectivity index (χ4n) is 1.55. The normalized spacial score (nSPS) is 12.2. The molecule has 1 N–H and O–H groups in total. The van der Waals surface area contributed by atoms with Crippen molar-refractivity contribution in [2.45, 2.75) is 13.0 Å². The Morgan fingerprint density at radius 2 is 1.71 bits per heavy atom. The van der Waals surface area contributed by atoms with Gasteiger partial charge in [0.2, 0.25) is 0 Å². The Hall–Kier alpha value is -1.51. The van der Waals surface area contributed by atoms with Gasteiger partial charge in [-0.15, -0.1) is 0 Å². The molecule has 0 radical (unpaired) electrons. The lowest BCUT2D eigenvalue weighted by Crippen LogP contribution is -1.95. The van der Waals surface area contributed by atoms with E-state index in [1.807, 2.05) is 24.3 Å². The summed E-state index contributed by atoms with van der Waals surface area (Å²) in [5, 5.41) is 10.3. The van der Waals surface area contributed by atoms with Crippen molar-refractivity contribution >= 4 is 11.6 Å². The van der Waals surface area contributed by atoms with E-state index in [1.165, 1.54) is 0 Å². The van der Waals surface area contributed by atoms with Gasteiger partial charge in [-0.25, -0.2) is 0 Å². The highest BCUT2D eigenvalue weighted by Crippen LogP contribution is 2.29. The summed E-state index contributed by atoms with van der Waals surface area (Å²) in [6.45, 7) is 1.71. The van der Waals surface area contributed by atoms with Gasteiger partial charge in [0.15, 0.2) is 0 Å². The average molecular weight is 249 g/mol. The summed E-state index contributed by atoms with van der Waals surface area (Å²) in [6.07, 6.45) is -0.557. The molecule has 17 heavy (non-hydrogen) atoms. The Morgan fingerprint density at radius 1 is 1.06 bits per heavy atom. The van der Waals surface area contributed by atoms with Crippen molar-refractivity contribution in [3.63, 3.8) is 0 Å². The van der Waals surface area contributed by atoms with Gasteiger partial charge in [0, 0.05) is 10.6 Å². The third-order valence-electron chi connectivity index (χ3n) is 2.41. The third-order valence-corrected chi connectivity index (χ3v) is 2.66. The first-order valence-electron chi connectivity index (χ1n) is 5.37. The molecule has 0 amide bonds. The second-order valence-electron chi connectivity index (χ2n) is 3.77. The van der Waals surface area contributed by atoms with E-state index in [-0.39, 0.29) is 0 Å². The minimum atomic E-state index is -0.557. The molecule has 0 unspecified atom stereocenters. The molecular formula is C14H13ClO2.